The van der Waals surface area contributed by atoms with Crippen LogP contribution in [0.4, 0.5) is 0 Å². The molecule has 0 fully saturated rings. The lowest BCUT2D eigenvalue weighted by Crippen LogP contribution is -2.35. The first kappa shape index (κ1) is 17.5. The van der Waals surface area contributed by atoms with Crippen LogP contribution >= 0.6 is 0 Å². The van der Waals surface area contributed by atoms with E-state index >= 15 is 0 Å². The summed E-state index contributed by atoms with van der Waals surface area (Å²) in [5, 5.41) is 18.7. The molecule has 4 heteroatoms. The number of nitrogens with zero attached hydrogens (tertiary/aromatic N) is 1. The van der Waals surface area contributed by atoms with E-state index in [4.69, 9.17) is 4.74 Å². The molecule has 0 aliphatic rings. The minimum atomic E-state index is 0.0753. The van der Waals surface area contributed by atoms with Crippen molar-refractivity contribution in [3.8, 4) is 5.75 Å². The number of methoxy groups -OCH3 is 1. The third-order valence-corrected chi connectivity index (χ3v) is 3.99. The Kier molecular flexibility index (Phi) is 7.07. The standard InChI is InChI=1S/C19H25NO3/c1-23-18-9-7-16(8-10-18)15-19(17-5-3-2-4-6-17)20(11-13-21)12-14-22/h2-10,19,21-22H,11-15H2,1H3. The van der Waals surface area contributed by atoms with Gasteiger partial charge in [0.1, 0.15) is 5.75 Å². The SMILES string of the molecule is COc1ccc(CC(c2ccccc2)N(CCO)CCO)cc1. The van der Waals surface area contributed by atoms with Gasteiger partial charge in [-0.2, -0.15) is 0 Å². The topological polar surface area (TPSA) is 52.9 Å². The average molecular weight is 315 g/mol. The van der Waals surface area contributed by atoms with E-state index in [9.17, 15) is 10.2 Å². The van der Waals surface area contributed by atoms with Gasteiger partial charge in [0.25, 0.3) is 0 Å². The maximum absolute atomic E-state index is 9.35. The molecule has 0 heterocycles. The second-order valence-electron chi connectivity index (χ2n) is 5.46. The van der Waals surface area contributed by atoms with Crippen molar-refractivity contribution in [2.24, 2.45) is 0 Å². The lowest BCUT2D eigenvalue weighted by atomic mass is 9.97. The largest absolute Gasteiger partial charge is 0.497 e. The molecule has 0 radical (unpaired) electrons. The van der Waals surface area contributed by atoms with Crippen molar-refractivity contribution < 1.29 is 14.9 Å². The Morgan fingerprint density at radius 1 is 0.913 bits per heavy atom. The van der Waals surface area contributed by atoms with Crippen molar-refractivity contribution in [3.05, 3.63) is 65.7 Å². The smallest absolute Gasteiger partial charge is 0.118 e. The van der Waals surface area contributed by atoms with Gasteiger partial charge in [0.15, 0.2) is 0 Å². The number of aliphatic hydroxyl groups is 2. The number of hydrogen-bond acceptors (Lipinski definition) is 4. The Hall–Kier alpha value is -1.88. The molecule has 1 atom stereocenters. The van der Waals surface area contributed by atoms with Crippen LogP contribution in [-0.2, 0) is 6.42 Å². The van der Waals surface area contributed by atoms with Crippen molar-refractivity contribution in [1.29, 1.82) is 0 Å². The highest BCUT2D eigenvalue weighted by Crippen LogP contribution is 2.25. The molecular formula is C19H25NO3. The molecule has 2 aromatic rings. The highest BCUT2D eigenvalue weighted by atomic mass is 16.5. The molecule has 0 bridgehead atoms. The molecule has 23 heavy (non-hydrogen) atoms. The predicted molar refractivity (Wildman–Crippen MR) is 91.6 cm³/mol. The van der Waals surface area contributed by atoms with Crippen LogP contribution in [0.2, 0.25) is 0 Å². The van der Waals surface area contributed by atoms with Gasteiger partial charge < -0.3 is 14.9 Å². The van der Waals surface area contributed by atoms with Gasteiger partial charge in [-0.3, -0.25) is 4.90 Å². The van der Waals surface area contributed by atoms with Crippen LogP contribution in [0.3, 0.4) is 0 Å². The van der Waals surface area contributed by atoms with Crippen LogP contribution < -0.4 is 4.74 Å². The molecule has 1 unspecified atom stereocenters. The Morgan fingerprint density at radius 3 is 2.04 bits per heavy atom. The van der Waals surface area contributed by atoms with Gasteiger partial charge in [0.05, 0.1) is 20.3 Å². The number of benzene rings is 2. The van der Waals surface area contributed by atoms with Crippen LogP contribution in [0.5, 0.6) is 5.75 Å². The van der Waals surface area contributed by atoms with Crippen molar-refractivity contribution >= 4 is 0 Å². The van der Waals surface area contributed by atoms with Gasteiger partial charge in [-0.25, -0.2) is 0 Å². The highest BCUT2D eigenvalue weighted by molar-refractivity contribution is 5.29. The monoisotopic (exact) mass is 315 g/mol. The minimum Gasteiger partial charge on any atom is -0.497 e. The van der Waals surface area contributed by atoms with Gasteiger partial charge in [-0.05, 0) is 29.7 Å². The number of aliphatic hydroxyl groups excluding tert-OH is 2. The summed E-state index contributed by atoms with van der Waals surface area (Å²) < 4.78 is 5.21. The highest BCUT2D eigenvalue weighted by Gasteiger charge is 2.20. The molecule has 0 aliphatic carbocycles. The molecule has 2 rings (SSSR count). The first-order valence-corrected chi connectivity index (χ1v) is 7.92. The summed E-state index contributed by atoms with van der Waals surface area (Å²) >= 11 is 0. The zero-order valence-corrected chi connectivity index (χ0v) is 13.6. The van der Waals surface area contributed by atoms with E-state index in [1.807, 2.05) is 30.3 Å². The predicted octanol–water partition coefficient (Wildman–Crippen LogP) is 2.27. The zero-order valence-electron chi connectivity index (χ0n) is 13.6. The van der Waals surface area contributed by atoms with Gasteiger partial charge in [0, 0.05) is 19.1 Å². The molecule has 0 aromatic heterocycles. The van der Waals surface area contributed by atoms with Crippen LogP contribution in [0.1, 0.15) is 17.2 Å². The molecular weight excluding hydrogens is 290 g/mol. The van der Waals surface area contributed by atoms with Crippen LogP contribution in [0, 0.1) is 0 Å². The molecule has 0 saturated carbocycles. The van der Waals surface area contributed by atoms with Crippen LogP contribution in [0.25, 0.3) is 0 Å². The van der Waals surface area contributed by atoms with E-state index in [2.05, 4.69) is 29.2 Å². The summed E-state index contributed by atoms with van der Waals surface area (Å²) in [6, 6.07) is 18.4. The fourth-order valence-corrected chi connectivity index (χ4v) is 2.80. The van der Waals surface area contributed by atoms with Crippen LogP contribution in [-0.4, -0.2) is 48.5 Å². The minimum absolute atomic E-state index is 0.0753. The summed E-state index contributed by atoms with van der Waals surface area (Å²) in [6.45, 7) is 1.23. The normalized spacial score (nSPS) is 12.3. The van der Waals surface area contributed by atoms with Crippen molar-refractivity contribution in [2.45, 2.75) is 12.5 Å². The summed E-state index contributed by atoms with van der Waals surface area (Å²) in [4.78, 5) is 2.12. The molecule has 4 nitrogen and oxygen atoms in total. The van der Waals surface area contributed by atoms with E-state index in [1.54, 1.807) is 7.11 Å². The summed E-state index contributed by atoms with van der Waals surface area (Å²) in [7, 11) is 1.66. The summed E-state index contributed by atoms with van der Waals surface area (Å²) in [6.07, 6.45) is 0.813. The lowest BCUT2D eigenvalue weighted by molar-refractivity contribution is 0.121. The number of ether oxygens (including phenoxy) is 1. The van der Waals surface area contributed by atoms with Crippen molar-refractivity contribution in [2.75, 3.05) is 33.4 Å². The van der Waals surface area contributed by atoms with E-state index in [0.29, 0.717) is 13.1 Å². The quantitative estimate of drug-likeness (QED) is 0.745. The van der Waals surface area contributed by atoms with Gasteiger partial charge >= 0.3 is 0 Å². The molecule has 0 saturated heterocycles. The third-order valence-electron chi connectivity index (χ3n) is 3.99. The second-order valence-corrected chi connectivity index (χ2v) is 5.46. The Morgan fingerprint density at radius 2 is 1.52 bits per heavy atom. The lowest BCUT2D eigenvalue weighted by Gasteiger charge is -2.31. The summed E-state index contributed by atoms with van der Waals surface area (Å²) in [5.41, 5.74) is 2.38. The number of rotatable bonds is 9. The summed E-state index contributed by atoms with van der Waals surface area (Å²) in [5.74, 6) is 0.840. The van der Waals surface area contributed by atoms with Crippen molar-refractivity contribution in [1.82, 2.24) is 4.90 Å². The van der Waals surface area contributed by atoms with E-state index in [1.165, 1.54) is 11.1 Å². The fraction of sp³-hybridized carbons (Fsp3) is 0.368. The van der Waals surface area contributed by atoms with Crippen molar-refractivity contribution in [3.63, 3.8) is 0 Å². The van der Waals surface area contributed by atoms with Gasteiger partial charge in [-0.1, -0.05) is 42.5 Å². The van der Waals surface area contributed by atoms with E-state index in [-0.39, 0.29) is 19.3 Å². The molecule has 2 N–H and O–H groups in total. The molecule has 124 valence electrons. The maximum atomic E-state index is 9.35. The average Bonchev–Trinajstić information content (AvgIpc) is 2.61. The fourth-order valence-electron chi connectivity index (χ4n) is 2.80. The molecule has 0 amide bonds. The number of hydrogen-bond donors (Lipinski definition) is 2. The Balaban J connectivity index is 2.24. The Labute approximate surface area is 138 Å². The first-order valence-electron chi connectivity index (χ1n) is 7.92. The molecule has 0 aliphatic heterocycles. The van der Waals surface area contributed by atoms with Crippen LogP contribution in [0.15, 0.2) is 54.6 Å². The second kappa shape index (κ2) is 9.30. The Bertz CT molecular complexity index is 551. The molecule has 2 aromatic carbocycles. The molecule has 0 spiro atoms. The zero-order chi connectivity index (χ0) is 16.5. The third kappa shape index (κ3) is 5.06. The first-order chi connectivity index (χ1) is 11.3. The van der Waals surface area contributed by atoms with Gasteiger partial charge in [0.2, 0.25) is 0 Å². The van der Waals surface area contributed by atoms with E-state index < -0.39 is 0 Å². The van der Waals surface area contributed by atoms with Gasteiger partial charge in [-0.15, -0.1) is 0 Å². The maximum Gasteiger partial charge on any atom is 0.118 e. The van der Waals surface area contributed by atoms with E-state index in [0.717, 1.165) is 12.2 Å².